The van der Waals surface area contributed by atoms with Crippen molar-refractivity contribution >= 4 is 113 Å². The van der Waals surface area contributed by atoms with Crippen molar-refractivity contribution in [2.75, 3.05) is 4.90 Å². The van der Waals surface area contributed by atoms with Crippen molar-refractivity contribution in [3.05, 3.63) is 133 Å². The van der Waals surface area contributed by atoms with Gasteiger partial charge in [-0.15, -0.1) is 22.7 Å². The van der Waals surface area contributed by atoms with E-state index in [9.17, 15) is 0 Å². The zero-order chi connectivity index (χ0) is 28.8. The highest BCUT2D eigenvalue weighted by Crippen LogP contribution is 2.43. The van der Waals surface area contributed by atoms with Gasteiger partial charge in [0.2, 0.25) is 5.71 Å². The van der Waals surface area contributed by atoms with Gasteiger partial charge >= 0.3 is 0 Å². The van der Waals surface area contributed by atoms with Crippen molar-refractivity contribution in [1.29, 1.82) is 0 Å². The van der Waals surface area contributed by atoms with Gasteiger partial charge in [0.25, 0.3) is 0 Å². The molecule has 0 aliphatic heterocycles. The monoisotopic (exact) mass is 598 g/mol. The molecule has 0 atom stereocenters. The van der Waals surface area contributed by atoms with Crippen molar-refractivity contribution in [3.8, 4) is 0 Å². The van der Waals surface area contributed by atoms with Crippen LogP contribution in [0.25, 0.3) is 73.2 Å². The molecule has 10 aromatic rings. The van der Waals surface area contributed by atoms with E-state index in [4.69, 9.17) is 9.40 Å². The van der Waals surface area contributed by atoms with E-state index in [-0.39, 0.29) is 0 Å². The number of hydrogen-bond donors (Lipinski definition) is 0. The average Bonchev–Trinajstić information content (AvgIpc) is 3.75. The first-order valence-electron chi connectivity index (χ1n) is 14.6. The number of pyridine rings is 1. The van der Waals surface area contributed by atoms with Gasteiger partial charge in [0.1, 0.15) is 11.4 Å². The van der Waals surface area contributed by atoms with Crippen LogP contribution in [0, 0.1) is 0 Å². The first kappa shape index (κ1) is 24.2. The fraction of sp³-hybridized carbons (Fsp3) is 0. The second-order valence-corrected chi connectivity index (χ2v) is 13.3. The molecule has 0 saturated carbocycles. The highest BCUT2D eigenvalue weighted by Gasteiger charge is 2.20. The molecule has 0 unspecified atom stereocenters. The van der Waals surface area contributed by atoms with E-state index in [1.54, 1.807) is 0 Å². The maximum atomic E-state index is 6.51. The summed E-state index contributed by atoms with van der Waals surface area (Å²) in [4.78, 5) is 7.45. The molecule has 0 aliphatic carbocycles. The highest BCUT2D eigenvalue weighted by molar-refractivity contribution is 7.26. The van der Waals surface area contributed by atoms with E-state index < -0.39 is 0 Å². The summed E-state index contributed by atoms with van der Waals surface area (Å²) in [6.07, 6.45) is 0. The summed E-state index contributed by atoms with van der Waals surface area (Å²) >= 11 is 3.66. The van der Waals surface area contributed by atoms with Crippen LogP contribution in [0.3, 0.4) is 0 Å². The van der Waals surface area contributed by atoms with Crippen LogP contribution in [0.15, 0.2) is 138 Å². The number of anilines is 3. The van der Waals surface area contributed by atoms with Crippen LogP contribution >= 0.6 is 22.7 Å². The van der Waals surface area contributed by atoms with Gasteiger partial charge in [0.15, 0.2) is 0 Å². The van der Waals surface area contributed by atoms with Gasteiger partial charge in [0, 0.05) is 67.9 Å². The van der Waals surface area contributed by atoms with Crippen LogP contribution < -0.4 is 4.90 Å². The largest absolute Gasteiger partial charge is 0.437 e. The fourth-order valence-corrected chi connectivity index (χ4v) is 8.90. The zero-order valence-corrected chi connectivity index (χ0v) is 25.0. The molecule has 4 heterocycles. The molecule has 0 fully saturated rings. The average molecular weight is 599 g/mol. The molecule has 0 amide bonds. The van der Waals surface area contributed by atoms with E-state index in [1.807, 2.05) is 22.7 Å². The third-order valence-corrected chi connectivity index (χ3v) is 11.0. The molecule has 0 N–H and O–H groups in total. The molecular formula is C39H22N2OS2. The Bertz CT molecular complexity index is 2640. The minimum atomic E-state index is 0.643. The van der Waals surface area contributed by atoms with Gasteiger partial charge in [-0.3, -0.25) is 4.90 Å². The van der Waals surface area contributed by atoms with E-state index >= 15 is 0 Å². The van der Waals surface area contributed by atoms with Crippen LogP contribution in [0.5, 0.6) is 0 Å². The second-order valence-electron chi connectivity index (χ2n) is 11.2. The second kappa shape index (κ2) is 9.13. The van der Waals surface area contributed by atoms with E-state index in [1.165, 1.54) is 40.3 Å². The molecule has 5 heteroatoms. The Hall–Kier alpha value is -5.23. The quantitative estimate of drug-likeness (QED) is 0.203. The lowest BCUT2D eigenvalue weighted by Gasteiger charge is -2.24. The summed E-state index contributed by atoms with van der Waals surface area (Å²) < 4.78 is 11.6. The number of thiophene rings is 2. The number of benzene rings is 6. The van der Waals surface area contributed by atoms with Crippen molar-refractivity contribution in [2.45, 2.75) is 0 Å². The van der Waals surface area contributed by atoms with Crippen LogP contribution in [0.2, 0.25) is 0 Å². The Balaban J connectivity index is 1.21. The Morgan fingerprint density at radius 3 is 1.68 bits per heavy atom. The molecule has 6 aromatic carbocycles. The van der Waals surface area contributed by atoms with E-state index in [0.29, 0.717) is 5.71 Å². The lowest BCUT2D eigenvalue weighted by molar-refractivity contribution is 0.658. The van der Waals surface area contributed by atoms with Crippen LogP contribution in [-0.2, 0) is 0 Å². The van der Waals surface area contributed by atoms with Gasteiger partial charge in [-0.1, -0.05) is 78.9 Å². The Morgan fingerprint density at radius 1 is 0.455 bits per heavy atom. The van der Waals surface area contributed by atoms with Crippen molar-refractivity contribution in [2.24, 2.45) is 0 Å². The number of rotatable bonds is 3. The van der Waals surface area contributed by atoms with Gasteiger partial charge in [-0.25, -0.2) is 0 Å². The summed E-state index contributed by atoms with van der Waals surface area (Å²) in [5.41, 5.74) is 3.66. The van der Waals surface area contributed by atoms with E-state index in [2.05, 4.69) is 138 Å². The first-order valence-corrected chi connectivity index (χ1v) is 16.3. The summed E-state index contributed by atoms with van der Waals surface area (Å²) in [6, 6.07) is 47.8. The molecule has 206 valence electrons. The normalized spacial score (nSPS) is 12.1. The SMILES string of the molecule is c1ccc2c(c1)ccc1c3ccc(N(c4ccc5c(c4)sc4ccccc45)c4ccc5c(c4)sc4ccccc45)nc3oc21. The summed E-state index contributed by atoms with van der Waals surface area (Å²) in [5.74, 6) is 0.821. The predicted molar refractivity (Wildman–Crippen MR) is 189 cm³/mol. The number of hydrogen-bond acceptors (Lipinski definition) is 5. The lowest BCUT2D eigenvalue weighted by Crippen LogP contribution is -2.11. The van der Waals surface area contributed by atoms with Gasteiger partial charge in [-0.05, 0) is 60.0 Å². The first-order chi connectivity index (χ1) is 21.8. The minimum absolute atomic E-state index is 0.643. The van der Waals surface area contributed by atoms with Gasteiger partial charge in [-0.2, -0.15) is 4.98 Å². The van der Waals surface area contributed by atoms with Crippen LogP contribution in [-0.4, -0.2) is 4.98 Å². The van der Waals surface area contributed by atoms with Crippen molar-refractivity contribution in [1.82, 2.24) is 4.98 Å². The fourth-order valence-electron chi connectivity index (χ4n) is 6.62. The molecular weight excluding hydrogens is 577 g/mol. The minimum Gasteiger partial charge on any atom is -0.437 e. The van der Waals surface area contributed by atoms with E-state index in [0.717, 1.165) is 44.3 Å². The van der Waals surface area contributed by atoms with Crippen LogP contribution in [0.1, 0.15) is 0 Å². The standard InChI is InChI=1S/C39H22N2OS2/c1-2-8-26-23(7-1)13-16-31-32-19-20-37(40-39(32)42-38(26)31)41(24-14-17-29-27-9-3-5-11-33(27)43-35(29)21-24)25-15-18-30-28-10-4-6-12-34(28)44-36(30)22-25/h1-22H. The molecule has 4 aromatic heterocycles. The number of fused-ring (bicyclic) bond motifs is 11. The smallest absolute Gasteiger partial charge is 0.229 e. The van der Waals surface area contributed by atoms with Gasteiger partial charge in [0.05, 0.1) is 0 Å². The van der Waals surface area contributed by atoms with Crippen molar-refractivity contribution in [3.63, 3.8) is 0 Å². The van der Waals surface area contributed by atoms with Crippen LogP contribution in [0.4, 0.5) is 17.2 Å². The molecule has 10 rings (SSSR count). The number of nitrogens with zero attached hydrogens (tertiary/aromatic N) is 2. The molecule has 0 spiro atoms. The molecule has 44 heavy (non-hydrogen) atoms. The molecule has 0 radical (unpaired) electrons. The predicted octanol–water partition coefficient (Wildman–Crippen LogP) is 12.3. The summed E-state index contributed by atoms with van der Waals surface area (Å²) in [7, 11) is 0. The number of aromatic nitrogens is 1. The molecule has 0 aliphatic rings. The third-order valence-electron chi connectivity index (χ3n) is 8.68. The van der Waals surface area contributed by atoms with Crippen molar-refractivity contribution < 1.29 is 4.42 Å². The molecule has 0 bridgehead atoms. The summed E-state index contributed by atoms with van der Waals surface area (Å²) in [5, 5.41) is 9.53. The maximum Gasteiger partial charge on any atom is 0.229 e. The zero-order valence-electron chi connectivity index (χ0n) is 23.3. The Morgan fingerprint density at radius 2 is 1.00 bits per heavy atom. The van der Waals surface area contributed by atoms with Gasteiger partial charge < -0.3 is 4.42 Å². The Labute approximate surface area is 259 Å². The third kappa shape index (κ3) is 3.51. The lowest BCUT2D eigenvalue weighted by atomic mass is 10.1. The number of furan rings is 1. The highest BCUT2D eigenvalue weighted by atomic mass is 32.1. The maximum absolute atomic E-state index is 6.51. The Kier molecular flexibility index (Phi) is 5.03. The summed E-state index contributed by atoms with van der Waals surface area (Å²) in [6.45, 7) is 0. The molecule has 0 saturated heterocycles. The topological polar surface area (TPSA) is 29.3 Å². The molecule has 3 nitrogen and oxygen atoms in total.